The van der Waals surface area contributed by atoms with Crippen LogP contribution < -0.4 is 0 Å². The van der Waals surface area contributed by atoms with E-state index in [0.29, 0.717) is 5.65 Å². The number of carbonyl (C=O) groups is 1. The SMILES string of the molecule is Cc1cc(C)c2c(c1)cc(CN(Cc1ccc(F)cc1)C(=O)c1ccco1)c1nnnn12. The second-order valence-corrected chi connectivity index (χ2v) is 7.87. The van der Waals surface area contributed by atoms with E-state index in [-0.39, 0.29) is 30.6 Å². The molecule has 0 atom stereocenters. The van der Waals surface area contributed by atoms with Gasteiger partial charge < -0.3 is 9.32 Å². The van der Waals surface area contributed by atoms with Crippen molar-refractivity contribution in [1.82, 2.24) is 24.9 Å². The van der Waals surface area contributed by atoms with E-state index in [1.54, 1.807) is 33.7 Å². The molecule has 0 bridgehead atoms. The Balaban J connectivity index is 1.60. The second-order valence-electron chi connectivity index (χ2n) is 7.87. The van der Waals surface area contributed by atoms with Crippen LogP contribution in [0.2, 0.25) is 0 Å². The van der Waals surface area contributed by atoms with E-state index in [0.717, 1.165) is 33.2 Å². The van der Waals surface area contributed by atoms with Gasteiger partial charge in [0, 0.05) is 17.5 Å². The summed E-state index contributed by atoms with van der Waals surface area (Å²) in [5, 5.41) is 13.3. The van der Waals surface area contributed by atoms with Gasteiger partial charge in [-0.2, -0.15) is 4.52 Å². The number of aryl methyl sites for hydroxylation is 2. The van der Waals surface area contributed by atoms with E-state index >= 15 is 0 Å². The molecule has 32 heavy (non-hydrogen) atoms. The first-order valence-electron chi connectivity index (χ1n) is 10.2. The number of carbonyl (C=O) groups excluding carboxylic acids is 1. The number of pyridine rings is 1. The molecule has 0 aliphatic rings. The third-order valence-electron chi connectivity index (χ3n) is 5.44. The van der Waals surface area contributed by atoms with Crippen LogP contribution in [0.1, 0.15) is 32.8 Å². The Morgan fingerprint density at radius 2 is 1.91 bits per heavy atom. The molecular formula is C24H20FN5O2. The summed E-state index contributed by atoms with van der Waals surface area (Å²) in [6.07, 6.45) is 1.46. The largest absolute Gasteiger partial charge is 0.459 e. The summed E-state index contributed by atoms with van der Waals surface area (Å²) >= 11 is 0. The number of fused-ring (bicyclic) bond motifs is 3. The first-order chi connectivity index (χ1) is 15.5. The maximum absolute atomic E-state index is 13.4. The highest BCUT2D eigenvalue weighted by atomic mass is 19.1. The average molecular weight is 429 g/mol. The third kappa shape index (κ3) is 3.60. The molecule has 1 amide bonds. The lowest BCUT2D eigenvalue weighted by Gasteiger charge is -2.22. The lowest BCUT2D eigenvalue weighted by molar-refractivity contribution is 0.0698. The van der Waals surface area contributed by atoms with Gasteiger partial charge in [0.1, 0.15) is 5.82 Å². The normalized spacial score (nSPS) is 11.3. The smallest absolute Gasteiger partial charge is 0.290 e. The maximum Gasteiger partial charge on any atom is 0.290 e. The van der Waals surface area contributed by atoms with Crippen LogP contribution in [0.4, 0.5) is 4.39 Å². The molecule has 0 aliphatic carbocycles. The van der Waals surface area contributed by atoms with Crippen molar-refractivity contribution in [2.75, 3.05) is 0 Å². The van der Waals surface area contributed by atoms with E-state index in [9.17, 15) is 9.18 Å². The van der Waals surface area contributed by atoms with Gasteiger partial charge in [-0.25, -0.2) is 4.39 Å². The zero-order valence-corrected chi connectivity index (χ0v) is 17.6. The summed E-state index contributed by atoms with van der Waals surface area (Å²) in [6, 6.07) is 15.6. The number of halogens is 1. The number of tetrazole rings is 1. The minimum Gasteiger partial charge on any atom is -0.459 e. The van der Waals surface area contributed by atoms with Crippen molar-refractivity contribution in [3.63, 3.8) is 0 Å². The molecule has 2 aromatic carbocycles. The number of rotatable bonds is 5. The van der Waals surface area contributed by atoms with Crippen LogP contribution in [0.15, 0.2) is 65.3 Å². The minimum atomic E-state index is -0.325. The highest BCUT2D eigenvalue weighted by molar-refractivity contribution is 5.92. The van der Waals surface area contributed by atoms with E-state index in [1.807, 2.05) is 19.9 Å². The number of nitrogens with zero attached hydrogens (tertiary/aromatic N) is 5. The first-order valence-corrected chi connectivity index (χ1v) is 10.2. The molecule has 0 N–H and O–H groups in total. The van der Waals surface area contributed by atoms with Crippen molar-refractivity contribution in [2.24, 2.45) is 0 Å². The first kappa shape index (κ1) is 19.9. The van der Waals surface area contributed by atoms with Crippen molar-refractivity contribution in [1.29, 1.82) is 0 Å². The van der Waals surface area contributed by atoms with E-state index in [2.05, 4.69) is 27.7 Å². The number of aromatic nitrogens is 4. The Bertz CT molecular complexity index is 1420. The predicted octanol–water partition coefficient (Wildman–Crippen LogP) is 4.47. The predicted molar refractivity (Wildman–Crippen MR) is 116 cm³/mol. The summed E-state index contributed by atoms with van der Waals surface area (Å²) in [5.41, 5.74) is 5.31. The van der Waals surface area contributed by atoms with Crippen molar-refractivity contribution in [2.45, 2.75) is 26.9 Å². The van der Waals surface area contributed by atoms with Gasteiger partial charge >= 0.3 is 0 Å². The number of hydrogen-bond donors (Lipinski definition) is 0. The minimum absolute atomic E-state index is 0.232. The fraction of sp³-hybridized carbons (Fsp3) is 0.167. The molecule has 0 saturated carbocycles. The van der Waals surface area contributed by atoms with Crippen molar-refractivity contribution < 1.29 is 13.6 Å². The van der Waals surface area contributed by atoms with Gasteiger partial charge in [0.25, 0.3) is 5.91 Å². The van der Waals surface area contributed by atoms with Crippen LogP contribution in [-0.4, -0.2) is 30.8 Å². The van der Waals surface area contributed by atoms with Gasteiger partial charge in [0.05, 0.1) is 18.3 Å². The molecule has 0 saturated heterocycles. The van der Waals surface area contributed by atoms with Gasteiger partial charge in [0.15, 0.2) is 11.4 Å². The molecule has 0 fully saturated rings. The molecule has 7 nitrogen and oxygen atoms in total. The van der Waals surface area contributed by atoms with E-state index in [1.165, 1.54) is 18.4 Å². The Morgan fingerprint density at radius 3 is 2.66 bits per heavy atom. The molecule has 160 valence electrons. The third-order valence-corrected chi connectivity index (χ3v) is 5.44. The standard InChI is InChI=1S/C24H20FN5O2/c1-15-10-16(2)22-18(11-15)12-19(23-26-27-28-30(22)23)14-29(24(31)21-4-3-9-32-21)13-17-5-7-20(25)8-6-17/h3-12H,13-14H2,1-2H3. The summed E-state index contributed by atoms with van der Waals surface area (Å²) in [5.74, 6) is -0.366. The molecule has 3 heterocycles. The zero-order chi connectivity index (χ0) is 22.2. The summed E-state index contributed by atoms with van der Waals surface area (Å²) in [7, 11) is 0. The quantitative estimate of drug-likeness (QED) is 0.412. The Morgan fingerprint density at radius 1 is 1.09 bits per heavy atom. The molecule has 0 radical (unpaired) electrons. The molecule has 5 rings (SSSR count). The summed E-state index contributed by atoms with van der Waals surface area (Å²) in [4.78, 5) is 14.9. The van der Waals surface area contributed by atoms with Crippen molar-refractivity contribution >= 4 is 22.5 Å². The lowest BCUT2D eigenvalue weighted by atomic mass is 10.0. The van der Waals surface area contributed by atoms with Crippen LogP contribution in [-0.2, 0) is 13.1 Å². The van der Waals surface area contributed by atoms with Crippen LogP contribution >= 0.6 is 0 Å². The Hall–Kier alpha value is -4.07. The average Bonchev–Trinajstić information content (AvgIpc) is 3.46. The molecule has 3 aromatic heterocycles. The van der Waals surface area contributed by atoms with E-state index < -0.39 is 0 Å². The Kier molecular flexibility index (Phi) is 4.89. The summed E-state index contributed by atoms with van der Waals surface area (Å²) < 4.78 is 20.4. The van der Waals surface area contributed by atoms with E-state index in [4.69, 9.17) is 4.42 Å². The van der Waals surface area contributed by atoms with Crippen molar-refractivity contribution in [3.8, 4) is 0 Å². The van der Waals surface area contributed by atoms with Gasteiger partial charge in [0.2, 0.25) is 0 Å². The van der Waals surface area contributed by atoms with Crippen LogP contribution in [0.25, 0.3) is 16.6 Å². The molecule has 0 aliphatic heterocycles. The highest BCUT2D eigenvalue weighted by Crippen LogP contribution is 2.25. The molecule has 5 aromatic rings. The summed E-state index contributed by atoms with van der Waals surface area (Å²) in [6.45, 7) is 4.59. The topological polar surface area (TPSA) is 76.5 Å². The van der Waals surface area contributed by atoms with Gasteiger partial charge in [-0.05, 0) is 71.8 Å². The van der Waals surface area contributed by atoms with Crippen LogP contribution in [0.5, 0.6) is 0 Å². The van der Waals surface area contributed by atoms with Crippen LogP contribution in [0, 0.1) is 19.7 Å². The number of furan rings is 1. The van der Waals surface area contributed by atoms with Crippen LogP contribution in [0.3, 0.4) is 0 Å². The molecule has 8 heteroatoms. The fourth-order valence-electron chi connectivity index (χ4n) is 4.07. The Labute approximate surface area is 183 Å². The number of amides is 1. The van der Waals surface area contributed by atoms with Crippen molar-refractivity contribution in [3.05, 3.63) is 94.7 Å². The van der Waals surface area contributed by atoms with Gasteiger partial charge in [-0.3, -0.25) is 4.79 Å². The molecule has 0 spiro atoms. The maximum atomic E-state index is 13.4. The fourth-order valence-corrected chi connectivity index (χ4v) is 4.07. The highest BCUT2D eigenvalue weighted by Gasteiger charge is 2.22. The second kappa shape index (κ2) is 7.88. The number of hydrogen-bond acceptors (Lipinski definition) is 5. The lowest BCUT2D eigenvalue weighted by Crippen LogP contribution is -2.30. The van der Waals surface area contributed by atoms with Gasteiger partial charge in [-0.1, -0.05) is 23.8 Å². The van der Waals surface area contributed by atoms with Gasteiger partial charge in [-0.15, -0.1) is 5.10 Å². The molecule has 0 unspecified atom stereocenters. The monoisotopic (exact) mass is 429 g/mol. The zero-order valence-electron chi connectivity index (χ0n) is 17.6. The number of benzene rings is 2. The molecular weight excluding hydrogens is 409 g/mol.